The van der Waals surface area contributed by atoms with Gasteiger partial charge in [-0.1, -0.05) is 35.9 Å². The number of aliphatic hydroxyl groups is 1. The van der Waals surface area contributed by atoms with E-state index in [1.165, 1.54) is 17.6 Å². The minimum atomic E-state index is -3.33. The number of carbonyl (C=O) groups excluding carboxylic acids is 1. The van der Waals surface area contributed by atoms with Crippen molar-refractivity contribution in [3.8, 4) is 26.7 Å². The first-order chi connectivity index (χ1) is 18.2. The number of thiophene rings is 1. The third-order valence-electron chi connectivity index (χ3n) is 6.49. The van der Waals surface area contributed by atoms with Crippen molar-refractivity contribution in [2.24, 2.45) is 0 Å². The second kappa shape index (κ2) is 11.0. The topological polar surface area (TPSA) is 95.7 Å². The molecular weight excluding hydrogens is 544 g/mol. The molecular formula is C27H27ClN4O4S2. The number of halogens is 1. The summed E-state index contributed by atoms with van der Waals surface area (Å²) in [7, 11) is -3.33. The fourth-order valence-corrected chi connectivity index (χ4v) is 6.34. The molecule has 1 amide bonds. The molecule has 0 saturated carbocycles. The van der Waals surface area contributed by atoms with E-state index in [1.54, 1.807) is 39.9 Å². The highest BCUT2D eigenvalue weighted by Crippen LogP contribution is 2.37. The van der Waals surface area contributed by atoms with Gasteiger partial charge in [0.1, 0.15) is 0 Å². The lowest BCUT2D eigenvalue weighted by Gasteiger charge is -2.33. The normalized spacial score (nSPS) is 14.7. The van der Waals surface area contributed by atoms with Gasteiger partial charge in [-0.3, -0.25) is 9.69 Å². The first-order valence-corrected chi connectivity index (χ1v) is 15.2. The Kier molecular flexibility index (Phi) is 7.69. The summed E-state index contributed by atoms with van der Waals surface area (Å²) < 4.78 is 25.8. The number of hydrogen-bond donors (Lipinski definition) is 1. The van der Waals surface area contributed by atoms with Crippen LogP contribution in [0.2, 0.25) is 5.02 Å². The van der Waals surface area contributed by atoms with E-state index in [4.69, 9.17) is 16.7 Å². The SMILES string of the molecule is CS(=O)(=O)c1cccc(-c2ccc(-c3cc(C(=O)N4CCN(CCO)CC4)nn3-c3ccccc3Cl)s2)c1. The molecule has 1 saturated heterocycles. The van der Waals surface area contributed by atoms with Crippen LogP contribution in [0.5, 0.6) is 0 Å². The Morgan fingerprint density at radius 3 is 2.45 bits per heavy atom. The first kappa shape index (κ1) is 26.6. The van der Waals surface area contributed by atoms with Crippen LogP contribution >= 0.6 is 22.9 Å². The number of piperazine rings is 1. The van der Waals surface area contributed by atoms with Crippen LogP contribution < -0.4 is 0 Å². The largest absolute Gasteiger partial charge is 0.395 e. The lowest BCUT2D eigenvalue weighted by molar-refractivity contribution is 0.0609. The summed E-state index contributed by atoms with van der Waals surface area (Å²) in [5.74, 6) is -0.154. The molecule has 1 aliphatic heterocycles. The number of carbonyl (C=O) groups is 1. The van der Waals surface area contributed by atoms with Gasteiger partial charge in [0.15, 0.2) is 15.5 Å². The molecule has 5 rings (SSSR count). The van der Waals surface area contributed by atoms with Crippen LogP contribution in [0.15, 0.2) is 71.6 Å². The Balaban J connectivity index is 1.51. The zero-order valence-electron chi connectivity index (χ0n) is 20.7. The summed E-state index contributed by atoms with van der Waals surface area (Å²) in [5, 5.41) is 14.4. The van der Waals surface area contributed by atoms with Gasteiger partial charge < -0.3 is 10.0 Å². The predicted octanol–water partition coefficient (Wildman–Crippen LogP) is 4.07. The maximum Gasteiger partial charge on any atom is 0.274 e. The average Bonchev–Trinajstić information content (AvgIpc) is 3.57. The molecule has 0 spiro atoms. The number of aliphatic hydroxyl groups excluding tert-OH is 1. The minimum Gasteiger partial charge on any atom is -0.395 e. The Bertz CT molecular complexity index is 1570. The molecule has 0 unspecified atom stereocenters. The highest BCUT2D eigenvalue weighted by Gasteiger charge is 2.26. The van der Waals surface area contributed by atoms with Gasteiger partial charge in [-0.15, -0.1) is 11.3 Å². The lowest BCUT2D eigenvalue weighted by Crippen LogP contribution is -2.49. The molecule has 1 aliphatic rings. The third-order valence-corrected chi connectivity index (χ3v) is 9.08. The van der Waals surface area contributed by atoms with Crippen molar-refractivity contribution in [2.45, 2.75) is 4.90 Å². The zero-order valence-corrected chi connectivity index (χ0v) is 23.1. The van der Waals surface area contributed by atoms with Crippen LogP contribution in [0, 0.1) is 0 Å². The summed E-state index contributed by atoms with van der Waals surface area (Å²) in [4.78, 5) is 19.4. The maximum atomic E-state index is 13.4. The van der Waals surface area contributed by atoms with E-state index in [0.29, 0.717) is 49.1 Å². The van der Waals surface area contributed by atoms with E-state index in [1.807, 2.05) is 36.4 Å². The predicted molar refractivity (Wildman–Crippen MR) is 150 cm³/mol. The molecule has 0 atom stereocenters. The zero-order chi connectivity index (χ0) is 26.9. The lowest BCUT2D eigenvalue weighted by atomic mass is 10.2. The van der Waals surface area contributed by atoms with Crippen LogP contribution in [0.25, 0.3) is 26.7 Å². The quantitative estimate of drug-likeness (QED) is 0.360. The Morgan fingerprint density at radius 2 is 1.74 bits per heavy atom. The standard InChI is InChI=1S/C27H27ClN4O4S2/c1-38(35,36)20-6-4-5-19(17-20)25-9-10-26(37-25)24-18-22(29-32(24)23-8-3-2-7-21(23)28)27(34)31-13-11-30(12-14-31)15-16-33/h2-10,17-18,33H,11-16H2,1H3. The number of nitrogens with zero attached hydrogens (tertiary/aromatic N) is 4. The van der Waals surface area contributed by atoms with Gasteiger partial charge in [-0.2, -0.15) is 5.10 Å². The summed E-state index contributed by atoms with van der Waals surface area (Å²) in [6.07, 6.45) is 1.19. The van der Waals surface area contributed by atoms with E-state index < -0.39 is 9.84 Å². The Morgan fingerprint density at radius 1 is 1.00 bits per heavy atom. The number of benzene rings is 2. The first-order valence-electron chi connectivity index (χ1n) is 12.1. The highest BCUT2D eigenvalue weighted by molar-refractivity contribution is 7.90. The van der Waals surface area contributed by atoms with Crippen molar-refractivity contribution in [3.63, 3.8) is 0 Å². The molecule has 38 heavy (non-hydrogen) atoms. The molecule has 8 nitrogen and oxygen atoms in total. The molecule has 3 heterocycles. The summed E-state index contributed by atoms with van der Waals surface area (Å²) in [6.45, 7) is 3.22. The van der Waals surface area contributed by atoms with Crippen molar-refractivity contribution < 1.29 is 18.3 Å². The molecule has 4 aromatic rings. The maximum absolute atomic E-state index is 13.4. The van der Waals surface area contributed by atoms with E-state index in [0.717, 1.165) is 21.0 Å². The van der Waals surface area contributed by atoms with Crippen molar-refractivity contribution in [1.82, 2.24) is 19.6 Å². The third kappa shape index (κ3) is 5.55. The molecule has 1 N–H and O–H groups in total. The molecule has 2 aromatic carbocycles. The monoisotopic (exact) mass is 570 g/mol. The number of amides is 1. The molecule has 1 fully saturated rings. The van der Waals surface area contributed by atoms with Gasteiger partial charge in [0, 0.05) is 43.9 Å². The van der Waals surface area contributed by atoms with Crippen LogP contribution in [0.1, 0.15) is 10.5 Å². The van der Waals surface area contributed by atoms with Crippen LogP contribution in [-0.4, -0.2) is 84.6 Å². The van der Waals surface area contributed by atoms with Crippen LogP contribution in [0.4, 0.5) is 0 Å². The average molecular weight is 571 g/mol. The Labute approximate surface area is 230 Å². The van der Waals surface area contributed by atoms with Gasteiger partial charge in [-0.25, -0.2) is 13.1 Å². The number of rotatable bonds is 7. The highest BCUT2D eigenvalue weighted by atomic mass is 35.5. The minimum absolute atomic E-state index is 0.0981. The van der Waals surface area contributed by atoms with Crippen molar-refractivity contribution in [3.05, 3.63) is 77.4 Å². The Hall–Kier alpha value is -3.02. The smallest absolute Gasteiger partial charge is 0.274 e. The second-order valence-electron chi connectivity index (χ2n) is 9.10. The van der Waals surface area contributed by atoms with E-state index in [9.17, 15) is 18.3 Å². The van der Waals surface area contributed by atoms with E-state index in [-0.39, 0.29) is 17.4 Å². The van der Waals surface area contributed by atoms with Gasteiger partial charge in [0.25, 0.3) is 5.91 Å². The van der Waals surface area contributed by atoms with Crippen LogP contribution in [0.3, 0.4) is 0 Å². The van der Waals surface area contributed by atoms with Gasteiger partial charge >= 0.3 is 0 Å². The summed E-state index contributed by atoms with van der Waals surface area (Å²) >= 11 is 8.01. The fourth-order valence-electron chi connectivity index (χ4n) is 4.46. The van der Waals surface area contributed by atoms with E-state index >= 15 is 0 Å². The number of para-hydroxylation sites is 1. The van der Waals surface area contributed by atoms with Crippen molar-refractivity contribution >= 4 is 38.7 Å². The number of sulfone groups is 1. The molecule has 198 valence electrons. The van der Waals surface area contributed by atoms with Crippen molar-refractivity contribution in [2.75, 3.05) is 45.6 Å². The molecule has 2 aromatic heterocycles. The molecule has 0 bridgehead atoms. The number of hydrogen-bond acceptors (Lipinski definition) is 7. The van der Waals surface area contributed by atoms with Crippen LogP contribution in [-0.2, 0) is 9.84 Å². The van der Waals surface area contributed by atoms with E-state index in [2.05, 4.69) is 4.90 Å². The van der Waals surface area contributed by atoms with Gasteiger partial charge in [-0.05, 0) is 48.0 Å². The number of aromatic nitrogens is 2. The fraction of sp³-hybridized carbons (Fsp3) is 0.259. The molecule has 0 aliphatic carbocycles. The molecule has 11 heteroatoms. The van der Waals surface area contributed by atoms with Gasteiger partial charge in [0.2, 0.25) is 0 Å². The second-order valence-corrected chi connectivity index (χ2v) is 12.6. The molecule has 0 radical (unpaired) electrons. The van der Waals surface area contributed by atoms with Crippen molar-refractivity contribution in [1.29, 1.82) is 0 Å². The summed E-state index contributed by atoms with van der Waals surface area (Å²) in [5.41, 5.74) is 2.50. The number of β-amino-alcohol motifs (C(OH)–C–C–N with tert-alkyl or cyclic N) is 1. The summed E-state index contributed by atoms with van der Waals surface area (Å²) in [6, 6.07) is 19.9. The van der Waals surface area contributed by atoms with Gasteiger partial charge in [0.05, 0.1) is 32.8 Å².